The van der Waals surface area contributed by atoms with Crippen LogP contribution in [-0.2, 0) is 14.4 Å². The maximum Gasteiger partial charge on any atom is 0.145 e. The predicted molar refractivity (Wildman–Crippen MR) is 129 cm³/mol. The van der Waals surface area contributed by atoms with Crippen LogP contribution in [0.4, 0.5) is 0 Å². The van der Waals surface area contributed by atoms with Crippen molar-refractivity contribution in [3.8, 4) is 0 Å². The van der Waals surface area contributed by atoms with Crippen LogP contribution in [-0.4, -0.2) is 18.9 Å². The van der Waals surface area contributed by atoms with Gasteiger partial charge >= 0.3 is 0 Å². The average molecular weight is 415 g/mol. The molecule has 0 bridgehead atoms. The van der Waals surface area contributed by atoms with Crippen LogP contribution in [0.5, 0.6) is 0 Å². The highest BCUT2D eigenvalue weighted by Crippen LogP contribution is 2.33. The van der Waals surface area contributed by atoms with Crippen molar-refractivity contribution >= 4 is 18.9 Å². The second-order valence-corrected chi connectivity index (χ2v) is 9.08. The van der Waals surface area contributed by atoms with Crippen molar-refractivity contribution in [2.24, 2.45) is 10.8 Å². The quantitative estimate of drug-likeness (QED) is 0.212. The van der Waals surface area contributed by atoms with Crippen LogP contribution in [0.15, 0.2) is 60.3 Å². The first kappa shape index (κ1) is 29.9. The molecule has 2 aliphatic rings. The Hall–Kier alpha value is -2.29. The van der Waals surface area contributed by atoms with Gasteiger partial charge in [-0.25, -0.2) is 0 Å². The molecule has 3 heteroatoms. The van der Waals surface area contributed by atoms with Gasteiger partial charge in [0.05, 0.1) is 0 Å². The van der Waals surface area contributed by atoms with Crippen LogP contribution in [0.1, 0.15) is 80.1 Å². The summed E-state index contributed by atoms with van der Waals surface area (Å²) in [6.45, 7) is 22.2. The molecule has 0 fully saturated rings. The summed E-state index contributed by atoms with van der Waals surface area (Å²) in [5.41, 5.74) is 4.27. The highest BCUT2D eigenvalue weighted by molar-refractivity contribution is 5.70. The number of hydrogen-bond acceptors (Lipinski definition) is 3. The normalized spacial score (nSPS) is 24.3. The van der Waals surface area contributed by atoms with Crippen molar-refractivity contribution in [1.29, 1.82) is 0 Å². The summed E-state index contributed by atoms with van der Waals surface area (Å²) in [7, 11) is 0. The Morgan fingerprint density at radius 2 is 1.40 bits per heavy atom. The molecule has 0 saturated heterocycles. The second kappa shape index (κ2) is 15.5. The molecule has 2 unspecified atom stereocenters. The van der Waals surface area contributed by atoms with Gasteiger partial charge in [-0.15, -0.1) is 0 Å². The number of rotatable bonds is 4. The van der Waals surface area contributed by atoms with E-state index >= 15 is 0 Å². The molecule has 0 saturated carbocycles. The number of aldehydes is 3. The maximum absolute atomic E-state index is 10.6. The topological polar surface area (TPSA) is 51.2 Å². The van der Waals surface area contributed by atoms with Gasteiger partial charge in [0.2, 0.25) is 0 Å². The zero-order chi connectivity index (χ0) is 23.8. The monoisotopic (exact) mass is 414 g/mol. The van der Waals surface area contributed by atoms with Gasteiger partial charge in [-0.1, -0.05) is 68.5 Å². The molecule has 2 rings (SSSR count). The summed E-state index contributed by atoms with van der Waals surface area (Å²) in [6.07, 6.45) is 15.1. The van der Waals surface area contributed by atoms with Crippen LogP contribution in [0.2, 0.25) is 0 Å². The van der Waals surface area contributed by atoms with E-state index < -0.39 is 0 Å². The van der Waals surface area contributed by atoms with E-state index in [-0.39, 0.29) is 10.8 Å². The van der Waals surface area contributed by atoms with Gasteiger partial charge < -0.3 is 9.59 Å². The summed E-state index contributed by atoms with van der Waals surface area (Å²) in [5.74, 6) is 0. The van der Waals surface area contributed by atoms with Crippen molar-refractivity contribution in [2.75, 3.05) is 0 Å². The molecular formula is C27H42O3. The standard InChI is InChI=1S/2C9H14O.C5H8.C4H6O/c1-8-3-5-9(2,7-10)6-4-8;1-8-4-3-5-9(2,6-8)7-10;1-4-5(2)3;1-4(2)3-5/h3,7H,4-6H2,1-2H3;4,7H,3,5-6H2,1-2H3;4H,1-2H2,3H3;3H,1H2,2H3. The van der Waals surface area contributed by atoms with Crippen LogP contribution in [0, 0.1) is 10.8 Å². The van der Waals surface area contributed by atoms with Crippen molar-refractivity contribution in [3.63, 3.8) is 0 Å². The third-order valence-electron chi connectivity index (χ3n) is 5.02. The molecule has 0 aliphatic heterocycles. The van der Waals surface area contributed by atoms with E-state index in [1.807, 2.05) is 20.8 Å². The molecule has 30 heavy (non-hydrogen) atoms. The molecule has 0 heterocycles. The molecule has 3 nitrogen and oxygen atoms in total. The summed E-state index contributed by atoms with van der Waals surface area (Å²) in [6, 6.07) is 0. The molecule has 0 spiro atoms. The lowest BCUT2D eigenvalue weighted by atomic mass is 9.77. The van der Waals surface area contributed by atoms with E-state index in [1.165, 1.54) is 11.1 Å². The number of carbonyl (C=O) groups is 3. The molecule has 0 aromatic rings. The lowest BCUT2D eigenvalue weighted by molar-refractivity contribution is -0.116. The third-order valence-corrected chi connectivity index (χ3v) is 5.02. The summed E-state index contributed by atoms with van der Waals surface area (Å²) >= 11 is 0. The molecule has 2 atom stereocenters. The predicted octanol–water partition coefficient (Wildman–Crippen LogP) is 7.15. The molecular weight excluding hydrogens is 372 g/mol. The van der Waals surface area contributed by atoms with Gasteiger partial charge in [0.15, 0.2) is 0 Å². The van der Waals surface area contributed by atoms with Gasteiger partial charge in [-0.05, 0) is 71.8 Å². The highest BCUT2D eigenvalue weighted by Gasteiger charge is 2.25. The molecule has 2 aliphatic carbocycles. The van der Waals surface area contributed by atoms with E-state index in [4.69, 9.17) is 0 Å². The van der Waals surface area contributed by atoms with Crippen molar-refractivity contribution in [1.82, 2.24) is 0 Å². The van der Waals surface area contributed by atoms with Crippen LogP contribution in [0.3, 0.4) is 0 Å². The smallest absolute Gasteiger partial charge is 0.145 e. The molecule has 0 radical (unpaired) electrons. The maximum atomic E-state index is 10.6. The second-order valence-electron chi connectivity index (χ2n) is 9.08. The van der Waals surface area contributed by atoms with E-state index in [9.17, 15) is 14.4 Å². The van der Waals surface area contributed by atoms with Crippen LogP contribution >= 0.6 is 0 Å². The molecule has 0 aromatic carbocycles. The first-order valence-corrected chi connectivity index (χ1v) is 10.5. The van der Waals surface area contributed by atoms with E-state index in [0.29, 0.717) is 5.57 Å². The summed E-state index contributed by atoms with van der Waals surface area (Å²) < 4.78 is 0. The minimum atomic E-state index is -0.0567. The van der Waals surface area contributed by atoms with E-state index in [1.54, 1.807) is 13.0 Å². The zero-order valence-electron chi connectivity index (χ0n) is 20.1. The lowest BCUT2D eigenvalue weighted by Crippen LogP contribution is -2.20. The third kappa shape index (κ3) is 15.6. The number of hydrogen-bond donors (Lipinski definition) is 0. The van der Waals surface area contributed by atoms with Crippen LogP contribution in [0.25, 0.3) is 0 Å². The van der Waals surface area contributed by atoms with E-state index in [0.717, 1.165) is 63.0 Å². The fourth-order valence-corrected chi connectivity index (χ4v) is 2.75. The minimum absolute atomic E-state index is 0.0560. The van der Waals surface area contributed by atoms with Gasteiger partial charge in [0.1, 0.15) is 18.9 Å². The lowest BCUT2D eigenvalue weighted by Gasteiger charge is -2.26. The first-order chi connectivity index (χ1) is 13.9. The number of carbonyl (C=O) groups excluding carboxylic acids is 3. The van der Waals surface area contributed by atoms with Gasteiger partial charge in [-0.3, -0.25) is 4.79 Å². The Bertz CT molecular complexity index is 648. The van der Waals surface area contributed by atoms with Crippen LogP contribution < -0.4 is 0 Å². The fourth-order valence-electron chi connectivity index (χ4n) is 2.75. The van der Waals surface area contributed by atoms with Crippen molar-refractivity contribution in [3.05, 3.63) is 60.3 Å². The number of allylic oxidation sites excluding steroid dienone is 7. The highest BCUT2D eigenvalue weighted by atomic mass is 16.1. The van der Waals surface area contributed by atoms with Crippen molar-refractivity contribution in [2.45, 2.75) is 80.1 Å². The first-order valence-electron chi connectivity index (χ1n) is 10.5. The van der Waals surface area contributed by atoms with E-state index in [2.05, 4.69) is 45.7 Å². The largest absolute Gasteiger partial charge is 0.303 e. The molecule has 168 valence electrons. The molecule has 0 aromatic heterocycles. The van der Waals surface area contributed by atoms with Gasteiger partial charge in [0, 0.05) is 10.8 Å². The Balaban J connectivity index is 0. The Morgan fingerprint density at radius 1 is 0.900 bits per heavy atom. The Kier molecular flexibility index (Phi) is 15.5. The summed E-state index contributed by atoms with van der Waals surface area (Å²) in [5, 5.41) is 0. The summed E-state index contributed by atoms with van der Waals surface area (Å²) in [4.78, 5) is 30.6. The van der Waals surface area contributed by atoms with Crippen molar-refractivity contribution < 1.29 is 14.4 Å². The van der Waals surface area contributed by atoms with Gasteiger partial charge in [0.25, 0.3) is 0 Å². The Labute approximate surface area is 184 Å². The average Bonchev–Trinajstić information content (AvgIpc) is 2.71. The van der Waals surface area contributed by atoms with Gasteiger partial charge in [-0.2, -0.15) is 0 Å². The SMILES string of the molecule is C=C(C)C=O.C=CC(=C)C.CC1=CCC(C)(C=O)CC1.CC1=CCCC(C)(C=O)C1. The Morgan fingerprint density at radius 3 is 1.67 bits per heavy atom. The molecule has 0 N–H and O–H groups in total. The zero-order valence-corrected chi connectivity index (χ0v) is 20.1. The minimum Gasteiger partial charge on any atom is -0.303 e. The molecule has 0 amide bonds. The fraction of sp³-hybridized carbons (Fsp3) is 0.519.